The van der Waals surface area contributed by atoms with Crippen LogP contribution in [0.5, 0.6) is 74.7 Å². The fourth-order valence-corrected chi connectivity index (χ4v) is 12.4. The summed E-state index contributed by atoms with van der Waals surface area (Å²) in [6.07, 6.45) is -0.980. The number of aryl methyl sites for hydroxylation is 1. The van der Waals surface area contributed by atoms with Gasteiger partial charge in [-0.05, 0) is 71.0 Å². The van der Waals surface area contributed by atoms with Gasteiger partial charge in [-0.3, -0.25) is 47.9 Å². The van der Waals surface area contributed by atoms with Crippen molar-refractivity contribution in [3.8, 4) is 97.0 Å². The van der Waals surface area contributed by atoms with Crippen molar-refractivity contribution in [2.45, 2.75) is 101 Å². The number of aromatic hydroxyl groups is 6. The number of aldehydes is 2. The van der Waals surface area contributed by atoms with Crippen molar-refractivity contribution in [3.05, 3.63) is 97.9 Å². The molecule has 6 atom stereocenters. The van der Waals surface area contributed by atoms with Crippen LogP contribution in [0.3, 0.4) is 0 Å². The number of benzene rings is 8. The number of fused-ring (bicyclic) bond motifs is 8. The first kappa shape index (κ1) is 64.0. The van der Waals surface area contributed by atoms with Crippen molar-refractivity contribution in [2.24, 2.45) is 17.8 Å². The Bertz CT molecular complexity index is 4900. The molecule has 4 heterocycles. The van der Waals surface area contributed by atoms with Gasteiger partial charge in [0.25, 0.3) is 0 Å². The summed E-state index contributed by atoms with van der Waals surface area (Å²) >= 11 is 0. The lowest BCUT2D eigenvalue weighted by molar-refractivity contribution is -0.133. The Balaban J connectivity index is 0.000000200. The normalized spacial score (nSPS) is 18.0. The van der Waals surface area contributed by atoms with E-state index in [2.05, 4.69) is 0 Å². The Hall–Kier alpha value is -11.6. The largest absolute Gasteiger partial charge is 0.507 e. The molecule has 0 saturated carbocycles. The van der Waals surface area contributed by atoms with Gasteiger partial charge < -0.3 is 68.2 Å². The number of esters is 4. The number of phenolic OH excluding ortho intramolecular Hbond substituents is 5. The van der Waals surface area contributed by atoms with Crippen molar-refractivity contribution in [1.82, 2.24) is 0 Å². The molecule has 1 aromatic heterocycles. The lowest BCUT2D eigenvalue weighted by Gasteiger charge is -2.31. The molecule has 0 spiro atoms. The average Bonchev–Trinajstić information content (AvgIpc) is 0.723. The molecule has 0 amide bonds. The van der Waals surface area contributed by atoms with E-state index in [1.165, 1.54) is 36.4 Å². The third-order valence-corrected chi connectivity index (χ3v) is 17.5. The molecule has 24 heteroatoms. The van der Waals surface area contributed by atoms with Crippen molar-refractivity contribution in [3.63, 3.8) is 0 Å². The Kier molecular flexibility index (Phi) is 15.8. The molecule has 6 N–H and O–H groups in total. The number of rotatable bonds is 8. The van der Waals surface area contributed by atoms with E-state index < -0.39 is 111 Å². The van der Waals surface area contributed by atoms with Gasteiger partial charge in [-0.25, -0.2) is 0 Å². The van der Waals surface area contributed by atoms with Gasteiger partial charge in [0.1, 0.15) is 115 Å². The van der Waals surface area contributed by atoms with Crippen LogP contribution in [-0.2, 0) is 19.2 Å². The standard InChI is InChI=1S/C40H34O14.C30H24O10/c1-15-17(3)49-29-11-25-31(23(13-41)9-27(51-19(5)43)33(25)39(53-21(7)45)35(29)37(15)47)32-24(14-42)10-28(52-20(6)44)34-26(32)12-30-36(40(34)54-22(8)46)38(48)16(2)18(4)50-30;1-9-11(3)39-19-5-13-21(15(31)7-17(33)23(13)29(37)25(19)27(9)35)22-14-6-20-26(28(36)10(2)12(4)40-20)30(38)24(14)18(34)8-16(22)32/h9-18H,1-8H3;5-9,11,31,33-34,36-38H,1-4H3. The molecular weight excluding hydrogens is 1220 g/mol. The van der Waals surface area contributed by atoms with E-state index in [-0.39, 0.29) is 150 Å². The molecule has 482 valence electrons. The van der Waals surface area contributed by atoms with Crippen LogP contribution in [-0.4, -0.2) is 103 Å². The van der Waals surface area contributed by atoms with E-state index >= 15 is 0 Å². The SMILES string of the molecule is CC(=O)Oc1cc(C=O)c(-c2c(C=O)cc(OC(C)=O)c3c(OC(C)=O)c4c(cc23)OC(C)C(C)C4=O)c2cc3c(c(OC(C)=O)c12)C(=O)C(C)C(C)O3.Cc1oc2cc3c(-c4c(O)cc(O)c5c(O)c6c(cc45)OC(C)C(C)C6=O)c(=O)cc(O)c3c(O)c2c(O)c1C. The van der Waals surface area contributed by atoms with Crippen LogP contribution in [0.15, 0.2) is 57.7 Å². The molecule has 3 aliphatic heterocycles. The minimum atomic E-state index is -0.842. The second kappa shape index (κ2) is 23.3. The summed E-state index contributed by atoms with van der Waals surface area (Å²) in [5.41, 5.74) is -1.50. The summed E-state index contributed by atoms with van der Waals surface area (Å²) in [6, 6.07) is 9.63. The fraction of sp³-hybridized carbons (Fsp3) is 0.257. The number of carbonyl (C=O) groups is 9. The minimum Gasteiger partial charge on any atom is -0.507 e. The smallest absolute Gasteiger partial charge is 0.308 e. The zero-order valence-corrected chi connectivity index (χ0v) is 52.3. The Morgan fingerprint density at radius 2 is 0.798 bits per heavy atom. The van der Waals surface area contributed by atoms with Gasteiger partial charge in [0.05, 0.1) is 39.3 Å². The highest BCUT2D eigenvalue weighted by Crippen LogP contribution is 2.56. The number of Topliss-reactive ketones (excluding diaryl/α,β-unsaturated/α-hetero) is 3. The van der Waals surface area contributed by atoms with Crippen molar-refractivity contribution in [1.29, 1.82) is 0 Å². The zero-order chi connectivity index (χ0) is 68.4. The van der Waals surface area contributed by atoms with E-state index in [4.69, 9.17) is 37.6 Å². The molecule has 24 nitrogen and oxygen atoms in total. The van der Waals surface area contributed by atoms with Gasteiger partial charge in [-0.15, -0.1) is 0 Å². The summed E-state index contributed by atoms with van der Waals surface area (Å²) in [7, 11) is 0. The van der Waals surface area contributed by atoms with E-state index in [1.807, 2.05) is 0 Å². The summed E-state index contributed by atoms with van der Waals surface area (Å²) in [6.45, 7) is 17.6. The zero-order valence-electron chi connectivity index (χ0n) is 52.3. The topological polar surface area (TPSA) is 370 Å². The maximum absolute atomic E-state index is 13.8. The maximum Gasteiger partial charge on any atom is 0.308 e. The number of carbonyl (C=O) groups excluding carboxylic acids is 9. The van der Waals surface area contributed by atoms with Gasteiger partial charge in [0.15, 0.2) is 46.8 Å². The average molecular weight is 1280 g/mol. The maximum atomic E-state index is 13.8. The van der Waals surface area contributed by atoms with Crippen LogP contribution in [0.2, 0.25) is 0 Å². The van der Waals surface area contributed by atoms with Gasteiger partial charge in [-0.2, -0.15) is 0 Å². The lowest BCUT2D eigenvalue weighted by Crippen LogP contribution is -2.34. The van der Waals surface area contributed by atoms with Crippen LogP contribution >= 0.6 is 0 Å². The molecule has 9 aromatic rings. The van der Waals surface area contributed by atoms with Crippen LogP contribution in [0.4, 0.5) is 0 Å². The van der Waals surface area contributed by atoms with Crippen molar-refractivity contribution < 1.29 is 111 Å². The highest BCUT2D eigenvalue weighted by Gasteiger charge is 2.42. The van der Waals surface area contributed by atoms with Crippen LogP contribution in [0.1, 0.15) is 132 Å². The molecule has 8 aromatic carbocycles. The highest BCUT2D eigenvalue weighted by molar-refractivity contribution is 6.24. The van der Waals surface area contributed by atoms with Crippen molar-refractivity contribution >= 4 is 108 Å². The lowest BCUT2D eigenvalue weighted by atomic mass is 9.82. The molecule has 0 radical (unpaired) electrons. The van der Waals surface area contributed by atoms with Gasteiger partial charge >= 0.3 is 23.9 Å². The second-order valence-electron chi connectivity index (χ2n) is 23.5. The summed E-state index contributed by atoms with van der Waals surface area (Å²) in [5.74, 6) is -10.5. The van der Waals surface area contributed by atoms with Crippen LogP contribution < -0.4 is 38.6 Å². The molecule has 6 unspecified atom stereocenters. The summed E-state index contributed by atoms with van der Waals surface area (Å²) in [4.78, 5) is 130. The molecule has 0 aliphatic carbocycles. The Morgan fingerprint density at radius 1 is 0.415 bits per heavy atom. The predicted molar refractivity (Wildman–Crippen MR) is 336 cm³/mol. The van der Waals surface area contributed by atoms with Crippen LogP contribution in [0, 0.1) is 31.6 Å². The third kappa shape index (κ3) is 10.1. The monoisotopic (exact) mass is 1280 g/mol. The van der Waals surface area contributed by atoms with Gasteiger partial charge in [0, 0.05) is 100 Å². The number of hydrogen-bond donors (Lipinski definition) is 6. The van der Waals surface area contributed by atoms with E-state index in [9.17, 15) is 78.6 Å². The molecule has 0 saturated heterocycles. The summed E-state index contributed by atoms with van der Waals surface area (Å²) < 4.78 is 46.5. The quantitative estimate of drug-likeness (QED) is 0.0356. The summed E-state index contributed by atoms with van der Waals surface area (Å²) in [5, 5.41) is 64.9. The van der Waals surface area contributed by atoms with E-state index in [0.29, 0.717) is 23.9 Å². The highest BCUT2D eigenvalue weighted by atomic mass is 16.6. The molecule has 3 aliphatic rings. The number of hydrogen-bond acceptors (Lipinski definition) is 24. The second-order valence-corrected chi connectivity index (χ2v) is 23.5. The number of ketones is 3. The van der Waals surface area contributed by atoms with Crippen LogP contribution in [0.25, 0.3) is 76.3 Å². The molecule has 94 heavy (non-hydrogen) atoms. The Labute approximate surface area is 531 Å². The van der Waals surface area contributed by atoms with E-state index in [1.54, 1.807) is 55.4 Å². The number of ether oxygens (including phenoxy) is 7. The van der Waals surface area contributed by atoms with Crippen molar-refractivity contribution in [2.75, 3.05) is 0 Å². The molecule has 0 fully saturated rings. The predicted octanol–water partition coefficient (Wildman–Crippen LogP) is 11.4. The first-order valence-electron chi connectivity index (χ1n) is 29.3. The third-order valence-electron chi connectivity index (χ3n) is 17.5. The minimum absolute atomic E-state index is 0.00158. The molecule has 12 rings (SSSR count). The first-order chi connectivity index (χ1) is 44.3. The van der Waals surface area contributed by atoms with E-state index in [0.717, 1.165) is 39.8 Å². The first-order valence-corrected chi connectivity index (χ1v) is 29.3. The molecule has 0 bridgehead atoms. The Morgan fingerprint density at radius 3 is 1.22 bits per heavy atom. The number of phenols is 5. The molecular formula is C70H58O24. The van der Waals surface area contributed by atoms with Gasteiger partial charge in [0.2, 0.25) is 0 Å². The fourth-order valence-electron chi connectivity index (χ4n) is 12.4. The van der Waals surface area contributed by atoms with Gasteiger partial charge in [-0.1, -0.05) is 20.8 Å².